The highest BCUT2D eigenvalue weighted by Crippen LogP contribution is 2.21. The van der Waals surface area contributed by atoms with Gasteiger partial charge in [0.2, 0.25) is 0 Å². The van der Waals surface area contributed by atoms with Gasteiger partial charge in [0.15, 0.2) is 0 Å². The predicted octanol–water partition coefficient (Wildman–Crippen LogP) is 7.63. The molecule has 0 saturated carbocycles. The van der Waals surface area contributed by atoms with Crippen LogP contribution in [-0.2, 0) is 19.1 Å². The van der Waals surface area contributed by atoms with E-state index in [2.05, 4.69) is 20.8 Å². The van der Waals surface area contributed by atoms with Crippen LogP contribution >= 0.6 is 0 Å². The first-order valence-electron chi connectivity index (χ1n) is 12.8. The average Bonchev–Trinajstić information content (AvgIpc) is 2.74. The summed E-state index contributed by atoms with van der Waals surface area (Å²) in [6, 6.07) is 0. The van der Waals surface area contributed by atoms with Gasteiger partial charge < -0.3 is 9.47 Å². The van der Waals surface area contributed by atoms with Crippen molar-refractivity contribution in [3.63, 3.8) is 0 Å². The van der Waals surface area contributed by atoms with Gasteiger partial charge in [0.05, 0.1) is 19.1 Å². The molecule has 30 heavy (non-hydrogen) atoms. The van der Waals surface area contributed by atoms with Crippen molar-refractivity contribution in [3.8, 4) is 0 Å². The molecule has 0 aromatic heterocycles. The zero-order chi connectivity index (χ0) is 22.5. The lowest BCUT2D eigenvalue weighted by Gasteiger charge is -2.18. The smallest absolute Gasteiger partial charge is 0.308 e. The molecule has 0 rings (SSSR count). The summed E-state index contributed by atoms with van der Waals surface area (Å²) in [6.45, 7) is 9.65. The molecule has 0 aromatic carbocycles. The van der Waals surface area contributed by atoms with Crippen molar-refractivity contribution in [2.45, 2.75) is 130 Å². The Morgan fingerprint density at radius 1 is 0.633 bits per heavy atom. The summed E-state index contributed by atoms with van der Waals surface area (Å²) >= 11 is 0. The number of unbranched alkanes of at least 4 members (excludes halogenated alkanes) is 11. The molecule has 0 radical (unpaired) electrons. The van der Waals surface area contributed by atoms with Crippen molar-refractivity contribution in [1.29, 1.82) is 0 Å². The topological polar surface area (TPSA) is 52.6 Å². The third-order valence-corrected chi connectivity index (χ3v) is 6.02. The number of rotatable bonds is 21. The third-order valence-electron chi connectivity index (χ3n) is 6.02. The first-order valence-corrected chi connectivity index (χ1v) is 12.8. The first kappa shape index (κ1) is 28.9. The fraction of sp³-hybridized carbons (Fsp3) is 0.923. The third kappa shape index (κ3) is 17.8. The van der Waals surface area contributed by atoms with E-state index in [1.54, 1.807) is 0 Å². The van der Waals surface area contributed by atoms with Crippen molar-refractivity contribution in [1.82, 2.24) is 0 Å². The maximum atomic E-state index is 12.1. The zero-order valence-electron chi connectivity index (χ0n) is 20.5. The van der Waals surface area contributed by atoms with Gasteiger partial charge in [0.1, 0.15) is 0 Å². The molecule has 0 bridgehead atoms. The van der Waals surface area contributed by atoms with Crippen LogP contribution in [0.5, 0.6) is 0 Å². The highest BCUT2D eigenvalue weighted by Gasteiger charge is 2.21. The summed E-state index contributed by atoms with van der Waals surface area (Å²) in [5.41, 5.74) is 0. The van der Waals surface area contributed by atoms with Gasteiger partial charge in [-0.2, -0.15) is 0 Å². The predicted molar refractivity (Wildman–Crippen MR) is 125 cm³/mol. The molecule has 178 valence electrons. The number of esters is 2. The van der Waals surface area contributed by atoms with Gasteiger partial charge in [0, 0.05) is 6.42 Å². The first-order chi connectivity index (χ1) is 14.5. The molecule has 0 fully saturated rings. The highest BCUT2D eigenvalue weighted by molar-refractivity contribution is 5.72. The monoisotopic (exact) mass is 426 g/mol. The summed E-state index contributed by atoms with van der Waals surface area (Å²) in [7, 11) is 0. The van der Waals surface area contributed by atoms with Crippen molar-refractivity contribution in [3.05, 3.63) is 0 Å². The molecule has 0 N–H and O–H groups in total. The lowest BCUT2D eigenvalue weighted by Crippen LogP contribution is -2.22. The molecule has 4 heteroatoms. The van der Waals surface area contributed by atoms with E-state index < -0.39 is 0 Å². The summed E-state index contributed by atoms with van der Waals surface area (Å²) in [4.78, 5) is 23.7. The van der Waals surface area contributed by atoms with Crippen LogP contribution in [0.2, 0.25) is 0 Å². The summed E-state index contributed by atoms with van der Waals surface area (Å²) in [6.07, 6.45) is 17.7. The molecule has 2 unspecified atom stereocenters. The van der Waals surface area contributed by atoms with E-state index >= 15 is 0 Å². The van der Waals surface area contributed by atoms with E-state index in [0.29, 0.717) is 25.6 Å². The van der Waals surface area contributed by atoms with Gasteiger partial charge in [0.25, 0.3) is 0 Å². The molecule has 0 heterocycles. The molecule has 0 spiro atoms. The maximum absolute atomic E-state index is 12.1. The highest BCUT2D eigenvalue weighted by atomic mass is 16.5. The number of hydrogen-bond donors (Lipinski definition) is 0. The van der Waals surface area contributed by atoms with Crippen LogP contribution in [0.1, 0.15) is 130 Å². The van der Waals surface area contributed by atoms with E-state index in [0.717, 1.165) is 57.8 Å². The van der Waals surface area contributed by atoms with Gasteiger partial charge in [-0.15, -0.1) is 0 Å². The minimum absolute atomic E-state index is 0.00459. The van der Waals surface area contributed by atoms with Crippen LogP contribution in [0, 0.1) is 11.8 Å². The Kier molecular flexibility index (Phi) is 20.4. The van der Waals surface area contributed by atoms with E-state index in [9.17, 15) is 9.59 Å². The number of carbonyl (C=O) groups is 2. The Balaban J connectivity index is 3.47. The van der Waals surface area contributed by atoms with Gasteiger partial charge >= 0.3 is 11.9 Å². The van der Waals surface area contributed by atoms with Crippen LogP contribution in [0.3, 0.4) is 0 Å². The molecule has 0 saturated heterocycles. The molecule has 4 nitrogen and oxygen atoms in total. The quantitative estimate of drug-likeness (QED) is 0.140. The van der Waals surface area contributed by atoms with Gasteiger partial charge in [-0.3, -0.25) is 9.59 Å². The van der Waals surface area contributed by atoms with E-state index in [1.165, 1.54) is 38.5 Å². The van der Waals surface area contributed by atoms with Crippen LogP contribution in [0.15, 0.2) is 0 Å². The van der Waals surface area contributed by atoms with Crippen LogP contribution in [0.25, 0.3) is 0 Å². The minimum atomic E-state index is -0.0284. The second-order valence-corrected chi connectivity index (χ2v) is 8.94. The van der Waals surface area contributed by atoms with Gasteiger partial charge in [-0.1, -0.05) is 98.3 Å². The van der Waals surface area contributed by atoms with E-state index in [4.69, 9.17) is 9.47 Å². The fourth-order valence-corrected chi connectivity index (χ4v) is 3.55. The lowest BCUT2D eigenvalue weighted by atomic mass is 9.90. The standard InChI is InChI=1S/C26H50O4/c1-5-7-17-21-29-25(27)20-16-14-12-10-9-11-13-15-19-23(3)24(4)26(28)30-22-18-8-6-2/h23-24H,5-22H2,1-4H3. The second-order valence-electron chi connectivity index (χ2n) is 8.94. The lowest BCUT2D eigenvalue weighted by molar-refractivity contribution is -0.150. The zero-order valence-corrected chi connectivity index (χ0v) is 20.5. The summed E-state index contributed by atoms with van der Waals surface area (Å²) in [5.74, 6) is 0.345. The number of carbonyl (C=O) groups excluding carboxylic acids is 2. The summed E-state index contributed by atoms with van der Waals surface area (Å²) in [5, 5.41) is 0. The Bertz CT molecular complexity index is 408. The molecule has 0 aromatic rings. The molecule has 0 aliphatic heterocycles. The molecular weight excluding hydrogens is 376 g/mol. The maximum Gasteiger partial charge on any atom is 0.308 e. The number of hydrogen-bond acceptors (Lipinski definition) is 4. The van der Waals surface area contributed by atoms with E-state index in [-0.39, 0.29) is 17.9 Å². The van der Waals surface area contributed by atoms with Crippen molar-refractivity contribution in [2.75, 3.05) is 13.2 Å². The molecule has 0 aliphatic rings. The molecule has 0 aliphatic carbocycles. The molecular formula is C26H50O4. The SMILES string of the molecule is CCCCCOC(=O)CCCCCCCCCCC(C)C(C)C(=O)OCCCCC. The Hall–Kier alpha value is -1.06. The Labute approximate surface area is 186 Å². The van der Waals surface area contributed by atoms with Gasteiger partial charge in [-0.25, -0.2) is 0 Å². The van der Waals surface area contributed by atoms with Crippen LogP contribution in [-0.4, -0.2) is 25.2 Å². The normalized spacial score (nSPS) is 13.1. The average molecular weight is 427 g/mol. The minimum Gasteiger partial charge on any atom is -0.466 e. The van der Waals surface area contributed by atoms with Crippen molar-refractivity contribution >= 4 is 11.9 Å². The number of ether oxygens (including phenoxy) is 2. The van der Waals surface area contributed by atoms with E-state index in [1.807, 2.05) is 6.92 Å². The fourth-order valence-electron chi connectivity index (χ4n) is 3.55. The Morgan fingerprint density at radius 3 is 1.70 bits per heavy atom. The molecule has 2 atom stereocenters. The largest absolute Gasteiger partial charge is 0.466 e. The van der Waals surface area contributed by atoms with Crippen molar-refractivity contribution in [2.24, 2.45) is 11.8 Å². The summed E-state index contributed by atoms with van der Waals surface area (Å²) < 4.78 is 10.6. The van der Waals surface area contributed by atoms with Crippen molar-refractivity contribution < 1.29 is 19.1 Å². The Morgan fingerprint density at radius 2 is 1.13 bits per heavy atom. The van der Waals surface area contributed by atoms with Gasteiger partial charge in [-0.05, 0) is 31.6 Å². The van der Waals surface area contributed by atoms with Crippen LogP contribution in [0.4, 0.5) is 0 Å². The second kappa shape index (κ2) is 21.2. The van der Waals surface area contributed by atoms with Crippen LogP contribution < -0.4 is 0 Å². The molecule has 0 amide bonds.